The van der Waals surface area contributed by atoms with Crippen LogP contribution in [-0.4, -0.2) is 14.7 Å². The van der Waals surface area contributed by atoms with E-state index in [1.165, 1.54) is 0 Å². The van der Waals surface area contributed by atoms with E-state index in [0.717, 1.165) is 22.4 Å². The summed E-state index contributed by atoms with van der Waals surface area (Å²) < 4.78 is 2.02. The van der Waals surface area contributed by atoms with Crippen LogP contribution in [0.4, 0.5) is 0 Å². The fourth-order valence-electron chi connectivity index (χ4n) is 1.69. The average molecular weight is 232 g/mol. The lowest BCUT2D eigenvalue weighted by Gasteiger charge is -2.01. The van der Waals surface area contributed by atoms with Crippen LogP contribution in [0.3, 0.4) is 0 Å². The van der Waals surface area contributed by atoms with Crippen LogP contribution in [0.15, 0.2) is 24.3 Å². The van der Waals surface area contributed by atoms with Gasteiger partial charge in [-0.05, 0) is 32.1 Å². The highest BCUT2D eigenvalue weighted by atomic mass is 16.3. The molecule has 0 amide bonds. The molecule has 0 saturated carbocycles. The molecule has 0 aliphatic rings. The number of nitrogens with zero attached hydrogens (tertiary/aromatic N) is 2. The molecule has 2 rings (SSSR count). The summed E-state index contributed by atoms with van der Waals surface area (Å²) in [5, 5.41) is 9.74. The van der Waals surface area contributed by atoms with Gasteiger partial charge in [0.1, 0.15) is 11.6 Å². The van der Waals surface area contributed by atoms with Crippen LogP contribution in [0.2, 0.25) is 0 Å². The summed E-state index contributed by atoms with van der Waals surface area (Å²) in [5.74, 6) is 1.22. The Kier molecular flexibility index (Phi) is 4.32. The molecule has 0 aliphatic heterocycles. The van der Waals surface area contributed by atoms with Crippen LogP contribution < -0.4 is 0 Å². The lowest BCUT2D eigenvalue weighted by Crippen LogP contribution is -1.90. The van der Waals surface area contributed by atoms with E-state index in [4.69, 9.17) is 0 Å². The van der Waals surface area contributed by atoms with Crippen LogP contribution in [0.25, 0.3) is 16.8 Å². The third kappa shape index (κ3) is 2.33. The first-order valence-electron chi connectivity index (χ1n) is 5.93. The van der Waals surface area contributed by atoms with Gasteiger partial charge in [-0.15, -0.1) is 0 Å². The molecule has 1 aromatic carbocycles. The van der Waals surface area contributed by atoms with Gasteiger partial charge in [-0.1, -0.05) is 19.9 Å². The number of imidazole rings is 1. The average Bonchev–Trinajstić information content (AvgIpc) is 2.67. The molecule has 17 heavy (non-hydrogen) atoms. The monoisotopic (exact) mass is 232 g/mol. The van der Waals surface area contributed by atoms with Crippen molar-refractivity contribution in [3.05, 3.63) is 35.7 Å². The molecule has 0 fully saturated rings. The molecule has 1 N–H and O–H groups in total. The fourth-order valence-corrected chi connectivity index (χ4v) is 1.69. The predicted octanol–water partition coefficient (Wildman–Crippen LogP) is 3.83. The van der Waals surface area contributed by atoms with Crippen molar-refractivity contribution in [2.24, 2.45) is 7.05 Å². The summed E-state index contributed by atoms with van der Waals surface area (Å²) in [6.07, 6.45) is 1.68. The second-order valence-corrected chi connectivity index (χ2v) is 3.57. The molecular formula is C14H20N2O. The summed E-state index contributed by atoms with van der Waals surface area (Å²) in [7, 11) is 1.97. The Morgan fingerprint density at radius 1 is 1.35 bits per heavy atom. The molecule has 3 nitrogen and oxygen atoms in total. The molecule has 0 unspecified atom stereocenters. The Morgan fingerprint density at radius 3 is 2.59 bits per heavy atom. The van der Waals surface area contributed by atoms with Gasteiger partial charge < -0.3 is 9.67 Å². The fraction of sp³-hybridized carbons (Fsp3) is 0.357. The molecule has 0 atom stereocenters. The summed E-state index contributed by atoms with van der Waals surface area (Å²) in [6.45, 7) is 7.76. The van der Waals surface area contributed by atoms with Gasteiger partial charge >= 0.3 is 0 Å². The molecule has 0 bridgehead atoms. The number of fused-ring (bicyclic) bond motifs is 1. The number of aryl methyl sites for hydroxylation is 2. The van der Waals surface area contributed by atoms with Gasteiger partial charge in [-0.3, -0.25) is 0 Å². The summed E-state index contributed by atoms with van der Waals surface area (Å²) in [5.41, 5.74) is 2.69. The Bertz CT molecular complexity index is 538. The molecule has 3 heteroatoms. The molecule has 2 aromatic rings. The van der Waals surface area contributed by atoms with Gasteiger partial charge in [0, 0.05) is 12.6 Å². The number of allylic oxidation sites excluding steroid dienone is 1. The largest absolute Gasteiger partial charge is 0.508 e. The third-order valence-electron chi connectivity index (χ3n) is 2.68. The van der Waals surface area contributed by atoms with Crippen LogP contribution in [0.5, 0.6) is 0 Å². The maximum atomic E-state index is 9.74. The van der Waals surface area contributed by atoms with Gasteiger partial charge in [-0.2, -0.15) is 0 Å². The zero-order valence-electron chi connectivity index (χ0n) is 11.2. The number of para-hydroxylation sites is 1. The minimum Gasteiger partial charge on any atom is -0.508 e. The van der Waals surface area contributed by atoms with Gasteiger partial charge in [0.25, 0.3) is 0 Å². The van der Waals surface area contributed by atoms with Crippen LogP contribution >= 0.6 is 0 Å². The number of benzene rings is 1. The molecule has 0 spiro atoms. The van der Waals surface area contributed by atoms with E-state index in [9.17, 15) is 5.11 Å². The number of aliphatic hydroxyl groups is 1. The van der Waals surface area contributed by atoms with Crippen LogP contribution in [0, 0.1) is 6.92 Å². The molecule has 0 radical (unpaired) electrons. The maximum absolute atomic E-state index is 9.74. The van der Waals surface area contributed by atoms with Gasteiger partial charge in [0.15, 0.2) is 0 Å². The van der Waals surface area contributed by atoms with Crippen LogP contribution in [-0.2, 0) is 7.05 Å². The van der Waals surface area contributed by atoms with E-state index >= 15 is 0 Å². The highest BCUT2D eigenvalue weighted by Gasteiger charge is 2.10. The second kappa shape index (κ2) is 5.53. The lowest BCUT2D eigenvalue weighted by atomic mass is 10.1. The minimum atomic E-state index is 0.277. The predicted molar refractivity (Wildman–Crippen MR) is 73.1 cm³/mol. The third-order valence-corrected chi connectivity index (χ3v) is 2.68. The van der Waals surface area contributed by atoms with Crippen molar-refractivity contribution in [3.8, 4) is 0 Å². The SMILES string of the molecule is C/C=C(\O)c1cccc2c1nc(C)n2C.CC. The number of hydrogen-bond acceptors (Lipinski definition) is 2. The van der Waals surface area contributed by atoms with E-state index < -0.39 is 0 Å². The Labute approximate surface area is 102 Å². The minimum absolute atomic E-state index is 0.277. The highest BCUT2D eigenvalue weighted by Crippen LogP contribution is 2.23. The lowest BCUT2D eigenvalue weighted by molar-refractivity contribution is 0.511. The number of aliphatic hydroxyl groups excluding tert-OH is 1. The number of rotatable bonds is 1. The zero-order valence-corrected chi connectivity index (χ0v) is 11.2. The van der Waals surface area contributed by atoms with Crippen molar-refractivity contribution in [3.63, 3.8) is 0 Å². The van der Waals surface area contributed by atoms with Gasteiger partial charge in [-0.25, -0.2) is 4.98 Å². The van der Waals surface area contributed by atoms with Crippen molar-refractivity contribution in [1.82, 2.24) is 9.55 Å². The van der Waals surface area contributed by atoms with Crippen molar-refractivity contribution >= 4 is 16.8 Å². The Hall–Kier alpha value is -1.77. The first-order valence-corrected chi connectivity index (χ1v) is 5.93. The van der Waals surface area contributed by atoms with Gasteiger partial charge in [0.2, 0.25) is 0 Å². The van der Waals surface area contributed by atoms with Gasteiger partial charge in [0.05, 0.1) is 11.0 Å². The van der Waals surface area contributed by atoms with Crippen molar-refractivity contribution in [1.29, 1.82) is 0 Å². The normalized spacial score (nSPS) is 11.2. The molecule has 92 valence electrons. The smallest absolute Gasteiger partial charge is 0.120 e. The van der Waals surface area contributed by atoms with E-state index in [1.54, 1.807) is 6.08 Å². The van der Waals surface area contributed by atoms with E-state index in [2.05, 4.69) is 4.98 Å². The zero-order chi connectivity index (χ0) is 13.0. The van der Waals surface area contributed by atoms with Crippen molar-refractivity contribution < 1.29 is 5.11 Å². The quantitative estimate of drug-likeness (QED) is 0.759. The molecule has 0 saturated heterocycles. The van der Waals surface area contributed by atoms with Crippen molar-refractivity contribution in [2.45, 2.75) is 27.7 Å². The van der Waals surface area contributed by atoms with Crippen LogP contribution in [0.1, 0.15) is 32.2 Å². The Morgan fingerprint density at radius 2 is 2.00 bits per heavy atom. The standard InChI is InChI=1S/C12H14N2O.C2H6/c1-4-11(15)9-6-5-7-10-12(9)13-8(2)14(10)3;1-2/h4-7,15H,1-3H3;1-2H3/b11-4-;. The molecule has 0 aliphatic carbocycles. The second-order valence-electron chi connectivity index (χ2n) is 3.57. The van der Waals surface area contributed by atoms with E-state index in [-0.39, 0.29) is 5.76 Å². The molecular weight excluding hydrogens is 212 g/mol. The Balaban J connectivity index is 0.000000686. The highest BCUT2D eigenvalue weighted by molar-refractivity contribution is 5.87. The summed E-state index contributed by atoms with van der Waals surface area (Å²) in [4.78, 5) is 4.44. The number of aromatic nitrogens is 2. The molecule has 1 aromatic heterocycles. The summed E-state index contributed by atoms with van der Waals surface area (Å²) >= 11 is 0. The molecule has 1 heterocycles. The topological polar surface area (TPSA) is 38.1 Å². The van der Waals surface area contributed by atoms with Crippen molar-refractivity contribution in [2.75, 3.05) is 0 Å². The first kappa shape index (κ1) is 13.3. The van der Waals surface area contributed by atoms with E-state index in [0.29, 0.717) is 0 Å². The maximum Gasteiger partial charge on any atom is 0.120 e. The number of hydrogen-bond donors (Lipinski definition) is 1. The summed E-state index contributed by atoms with van der Waals surface area (Å²) in [6, 6.07) is 5.81. The first-order chi connectivity index (χ1) is 8.15. The van der Waals surface area contributed by atoms with E-state index in [1.807, 2.05) is 57.5 Å².